The van der Waals surface area contributed by atoms with Gasteiger partial charge in [-0.05, 0) is 37.6 Å². The standard InChI is InChI=1S/C12H15Cl2NO/c1-15-6-4-12(16,5-7-15)9-2-3-10(13)11(14)8-9/h2-3,8,16H,4-7H2,1H3. The molecule has 1 saturated heterocycles. The van der Waals surface area contributed by atoms with Gasteiger partial charge in [-0.3, -0.25) is 0 Å². The van der Waals surface area contributed by atoms with Crippen LogP contribution < -0.4 is 0 Å². The quantitative estimate of drug-likeness (QED) is 0.839. The number of piperidine rings is 1. The van der Waals surface area contributed by atoms with Crippen molar-refractivity contribution in [3.63, 3.8) is 0 Å². The van der Waals surface area contributed by atoms with Crippen LogP contribution in [-0.4, -0.2) is 30.1 Å². The van der Waals surface area contributed by atoms with Crippen LogP contribution >= 0.6 is 23.2 Å². The van der Waals surface area contributed by atoms with Crippen LogP contribution in [0.5, 0.6) is 0 Å². The minimum Gasteiger partial charge on any atom is -0.385 e. The van der Waals surface area contributed by atoms with Crippen LogP contribution in [0.3, 0.4) is 0 Å². The Hall–Kier alpha value is -0.280. The molecule has 1 N–H and O–H groups in total. The monoisotopic (exact) mass is 259 g/mol. The molecule has 4 heteroatoms. The Morgan fingerprint density at radius 3 is 2.38 bits per heavy atom. The first-order valence-electron chi connectivity index (χ1n) is 5.38. The Bertz CT molecular complexity index is 387. The van der Waals surface area contributed by atoms with Crippen molar-refractivity contribution in [2.75, 3.05) is 20.1 Å². The second kappa shape index (κ2) is 4.53. The molecular formula is C12H15Cl2NO. The molecular weight excluding hydrogens is 245 g/mol. The molecule has 1 aliphatic rings. The van der Waals surface area contributed by atoms with Crippen molar-refractivity contribution < 1.29 is 5.11 Å². The van der Waals surface area contributed by atoms with Crippen molar-refractivity contribution in [1.82, 2.24) is 4.90 Å². The Morgan fingerprint density at radius 2 is 1.81 bits per heavy atom. The van der Waals surface area contributed by atoms with Gasteiger partial charge in [0.1, 0.15) is 0 Å². The van der Waals surface area contributed by atoms with E-state index < -0.39 is 5.60 Å². The van der Waals surface area contributed by atoms with Gasteiger partial charge in [-0.1, -0.05) is 29.3 Å². The average Bonchev–Trinajstić information content (AvgIpc) is 2.26. The van der Waals surface area contributed by atoms with Crippen LogP contribution in [0.15, 0.2) is 18.2 Å². The van der Waals surface area contributed by atoms with E-state index in [1.54, 1.807) is 12.1 Å². The normalized spacial score (nSPS) is 21.0. The molecule has 2 rings (SSSR count). The summed E-state index contributed by atoms with van der Waals surface area (Å²) in [5.41, 5.74) is 0.121. The summed E-state index contributed by atoms with van der Waals surface area (Å²) in [6, 6.07) is 5.38. The minimum atomic E-state index is -0.749. The number of likely N-dealkylation sites (tertiary alicyclic amines) is 1. The fraction of sp³-hybridized carbons (Fsp3) is 0.500. The summed E-state index contributed by atoms with van der Waals surface area (Å²) in [7, 11) is 2.06. The number of rotatable bonds is 1. The van der Waals surface area contributed by atoms with Crippen LogP contribution in [-0.2, 0) is 5.60 Å². The highest BCUT2D eigenvalue weighted by atomic mass is 35.5. The van der Waals surface area contributed by atoms with Crippen LogP contribution in [0.4, 0.5) is 0 Å². The molecule has 1 aliphatic heterocycles. The largest absolute Gasteiger partial charge is 0.385 e. The maximum Gasteiger partial charge on any atom is 0.0921 e. The number of hydrogen-bond acceptors (Lipinski definition) is 2. The van der Waals surface area contributed by atoms with Crippen molar-refractivity contribution in [1.29, 1.82) is 0 Å². The molecule has 2 nitrogen and oxygen atoms in total. The van der Waals surface area contributed by atoms with Crippen LogP contribution in [0.2, 0.25) is 10.0 Å². The molecule has 16 heavy (non-hydrogen) atoms. The first-order valence-corrected chi connectivity index (χ1v) is 6.13. The molecule has 0 unspecified atom stereocenters. The van der Waals surface area contributed by atoms with Gasteiger partial charge in [0.15, 0.2) is 0 Å². The van der Waals surface area contributed by atoms with Gasteiger partial charge in [0.25, 0.3) is 0 Å². The Morgan fingerprint density at radius 1 is 1.19 bits per heavy atom. The lowest BCUT2D eigenvalue weighted by Crippen LogP contribution is -2.40. The number of halogens is 2. The summed E-state index contributed by atoms with van der Waals surface area (Å²) in [6.45, 7) is 1.80. The van der Waals surface area contributed by atoms with E-state index in [9.17, 15) is 5.11 Å². The van der Waals surface area contributed by atoms with Crippen LogP contribution in [0, 0.1) is 0 Å². The van der Waals surface area contributed by atoms with Crippen LogP contribution in [0.25, 0.3) is 0 Å². The Labute approximate surface area is 106 Å². The second-order valence-corrected chi connectivity index (χ2v) is 5.28. The highest BCUT2D eigenvalue weighted by Gasteiger charge is 2.33. The zero-order valence-corrected chi connectivity index (χ0v) is 10.7. The third-order valence-electron chi connectivity index (χ3n) is 3.27. The van der Waals surface area contributed by atoms with E-state index in [2.05, 4.69) is 11.9 Å². The zero-order chi connectivity index (χ0) is 11.8. The fourth-order valence-electron chi connectivity index (χ4n) is 2.06. The van der Waals surface area contributed by atoms with E-state index >= 15 is 0 Å². The van der Waals surface area contributed by atoms with E-state index in [4.69, 9.17) is 23.2 Å². The van der Waals surface area contributed by atoms with Crippen LogP contribution in [0.1, 0.15) is 18.4 Å². The van der Waals surface area contributed by atoms with E-state index in [1.807, 2.05) is 6.07 Å². The smallest absolute Gasteiger partial charge is 0.0921 e. The van der Waals surface area contributed by atoms with Crippen molar-refractivity contribution >= 4 is 23.2 Å². The lowest BCUT2D eigenvalue weighted by Gasteiger charge is -2.37. The zero-order valence-electron chi connectivity index (χ0n) is 9.21. The lowest BCUT2D eigenvalue weighted by molar-refractivity contribution is -0.0203. The molecule has 0 spiro atoms. The number of hydrogen-bond donors (Lipinski definition) is 1. The molecule has 0 aromatic heterocycles. The van der Waals surface area contributed by atoms with E-state index in [0.717, 1.165) is 31.5 Å². The number of benzene rings is 1. The Kier molecular flexibility index (Phi) is 3.45. The summed E-state index contributed by atoms with van der Waals surface area (Å²) in [4.78, 5) is 2.21. The third kappa shape index (κ3) is 2.35. The predicted molar refractivity (Wildman–Crippen MR) is 67.1 cm³/mol. The highest BCUT2D eigenvalue weighted by Crippen LogP contribution is 2.35. The fourth-order valence-corrected chi connectivity index (χ4v) is 2.36. The Balaban J connectivity index is 2.25. The summed E-state index contributed by atoms with van der Waals surface area (Å²) < 4.78 is 0. The van der Waals surface area contributed by atoms with Gasteiger partial charge >= 0.3 is 0 Å². The van der Waals surface area contributed by atoms with Gasteiger partial charge in [0.05, 0.1) is 15.6 Å². The summed E-state index contributed by atoms with van der Waals surface area (Å²) >= 11 is 11.8. The van der Waals surface area contributed by atoms with Gasteiger partial charge in [-0.2, -0.15) is 0 Å². The number of nitrogens with zero attached hydrogens (tertiary/aromatic N) is 1. The maximum absolute atomic E-state index is 10.5. The topological polar surface area (TPSA) is 23.5 Å². The minimum absolute atomic E-state index is 0.506. The van der Waals surface area contributed by atoms with Gasteiger partial charge in [0.2, 0.25) is 0 Å². The van der Waals surface area contributed by atoms with E-state index in [0.29, 0.717) is 10.0 Å². The van der Waals surface area contributed by atoms with Crippen molar-refractivity contribution in [3.8, 4) is 0 Å². The molecule has 0 amide bonds. The van der Waals surface area contributed by atoms with Gasteiger partial charge in [-0.25, -0.2) is 0 Å². The second-order valence-electron chi connectivity index (χ2n) is 4.46. The van der Waals surface area contributed by atoms with Crippen molar-refractivity contribution in [2.45, 2.75) is 18.4 Å². The molecule has 1 aromatic carbocycles. The molecule has 1 aromatic rings. The summed E-state index contributed by atoms with van der Waals surface area (Å²) in [5.74, 6) is 0. The van der Waals surface area contributed by atoms with Gasteiger partial charge in [0, 0.05) is 13.1 Å². The van der Waals surface area contributed by atoms with E-state index in [1.165, 1.54) is 0 Å². The molecule has 0 radical (unpaired) electrons. The molecule has 0 saturated carbocycles. The molecule has 0 aliphatic carbocycles. The van der Waals surface area contributed by atoms with Gasteiger partial charge < -0.3 is 10.0 Å². The van der Waals surface area contributed by atoms with Crippen molar-refractivity contribution in [3.05, 3.63) is 33.8 Å². The summed E-state index contributed by atoms with van der Waals surface area (Å²) in [6.07, 6.45) is 1.48. The SMILES string of the molecule is CN1CCC(O)(c2ccc(Cl)c(Cl)c2)CC1. The number of aliphatic hydroxyl groups is 1. The van der Waals surface area contributed by atoms with Crippen molar-refractivity contribution in [2.24, 2.45) is 0 Å². The first kappa shape index (κ1) is 12.2. The molecule has 1 fully saturated rings. The van der Waals surface area contributed by atoms with Gasteiger partial charge in [-0.15, -0.1) is 0 Å². The predicted octanol–water partition coefficient (Wildman–Crippen LogP) is 2.91. The molecule has 0 atom stereocenters. The average molecular weight is 260 g/mol. The third-order valence-corrected chi connectivity index (χ3v) is 4.01. The molecule has 0 bridgehead atoms. The maximum atomic E-state index is 10.5. The first-order chi connectivity index (χ1) is 7.51. The summed E-state index contributed by atoms with van der Waals surface area (Å²) in [5, 5.41) is 11.6. The highest BCUT2D eigenvalue weighted by molar-refractivity contribution is 6.42. The van der Waals surface area contributed by atoms with E-state index in [-0.39, 0.29) is 0 Å². The molecule has 88 valence electrons. The molecule has 1 heterocycles. The lowest BCUT2D eigenvalue weighted by atomic mass is 9.85.